The lowest BCUT2D eigenvalue weighted by Gasteiger charge is -2.35. The predicted octanol–water partition coefficient (Wildman–Crippen LogP) is 3.23. The van der Waals surface area contributed by atoms with Crippen molar-refractivity contribution in [3.8, 4) is 11.5 Å². The van der Waals surface area contributed by atoms with E-state index in [1.165, 1.54) is 6.92 Å². The molecule has 4 rings (SSSR count). The number of carbonyl (C=O) groups is 1. The first-order valence-electron chi connectivity index (χ1n) is 9.98. The van der Waals surface area contributed by atoms with Crippen molar-refractivity contribution in [2.45, 2.75) is 6.92 Å². The Kier molecular flexibility index (Phi) is 6.11. The van der Waals surface area contributed by atoms with Crippen LogP contribution in [-0.4, -0.2) is 67.0 Å². The fraction of sp³-hybridized carbons (Fsp3) is 0.364. The first kappa shape index (κ1) is 20.5. The zero-order chi connectivity index (χ0) is 21.1. The van der Waals surface area contributed by atoms with E-state index in [2.05, 4.69) is 15.0 Å². The Hall–Kier alpha value is -2.77. The van der Waals surface area contributed by atoms with E-state index in [1.807, 2.05) is 29.2 Å². The summed E-state index contributed by atoms with van der Waals surface area (Å²) in [6, 6.07) is 11.1. The SMILES string of the molecule is COc1cc(C(C)=O)ccc1OCCN1CCN(n2ncc3ccc(Cl)cc32)CC1. The van der Waals surface area contributed by atoms with Crippen molar-refractivity contribution in [1.29, 1.82) is 0 Å². The third-order valence-electron chi connectivity index (χ3n) is 5.37. The van der Waals surface area contributed by atoms with Gasteiger partial charge in [0.25, 0.3) is 0 Å². The fourth-order valence-corrected chi connectivity index (χ4v) is 3.81. The molecule has 0 spiro atoms. The first-order chi connectivity index (χ1) is 14.5. The number of hydrogen-bond acceptors (Lipinski definition) is 6. The van der Waals surface area contributed by atoms with Gasteiger partial charge in [-0.25, -0.2) is 0 Å². The van der Waals surface area contributed by atoms with Crippen LogP contribution < -0.4 is 14.5 Å². The number of ketones is 1. The van der Waals surface area contributed by atoms with Crippen molar-refractivity contribution in [2.75, 3.05) is 51.4 Å². The maximum Gasteiger partial charge on any atom is 0.161 e. The van der Waals surface area contributed by atoms with Gasteiger partial charge in [-0.2, -0.15) is 9.89 Å². The Balaban J connectivity index is 1.30. The lowest BCUT2D eigenvalue weighted by Crippen LogP contribution is -2.52. The second-order valence-corrected chi connectivity index (χ2v) is 7.74. The summed E-state index contributed by atoms with van der Waals surface area (Å²) in [5.74, 6) is 1.24. The molecular weight excluding hydrogens is 404 g/mol. The Morgan fingerprint density at radius 3 is 2.63 bits per heavy atom. The number of ether oxygens (including phenoxy) is 2. The lowest BCUT2D eigenvalue weighted by molar-refractivity contribution is 0.101. The zero-order valence-electron chi connectivity index (χ0n) is 17.2. The minimum atomic E-state index is 0.00459. The van der Waals surface area contributed by atoms with Gasteiger partial charge in [0.1, 0.15) is 6.61 Å². The number of hydrogen-bond donors (Lipinski definition) is 0. The van der Waals surface area contributed by atoms with Crippen molar-refractivity contribution in [2.24, 2.45) is 0 Å². The topological polar surface area (TPSA) is 59.8 Å². The summed E-state index contributed by atoms with van der Waals surface area (Å²) in [6.45, 7) is 6.50. The number of piperazine rings is 1. The van der Waals surface area contributed by atoms with Crippen molar-refractivity contribution in [1.82, 2.24) is 14.8 Å². The summed E-state index contributed by atoms with van der Waals surface area (Å²) in [7, 11) is 1.58. The Bertz CT molecular complexity index is 1040. The Morgan fingerprint density at radius 2 is 1.90 bits per heavy atom. The average molecular weight is 429 g/mol. The van der Waals surface area contributed by atoms with Crippen LogP contribution >= 0.6 is 11.6 Å². The molecule has 2 aromatic carbocycles. The maximum absolute atomic E-state index is 11.5. The number of Topliss-reactive ketones (excluding diaryl/α,β-unsaturated/α-hetero) is 1. The van der Waals surface area contributed by atoms with Crippen LogP contribution in [0.3, 0.4) is 0 Å². The second-order valence-electron chi connectivity index (χ2n) is 7.30. The van der Waals surface area contributed by atoms with Crippen LogP contribution in [0.4, 0.5) is 0 Å². The van der Waals surface area contributed by atoms with Crippen LogP contribution in [0.1, 0.15) is 17.3 Å². The summed E-state index contributed by atoms with van der Waals surface area (Å²) < 4.78 is 11.3. The van der Waals surface area contributed by atoms with E-state index in [-0.39, 0.29) is 5.78 Å². The van der Waals surface area contributed by atoms with Gasteiger partial charge in [0, 0.05) is 48.7 Å². The molecule has 1 aromatic heterocycles. The largest absolute Gasteiger partial charge is 0.493 e. The van der Waals surface area contributed by atoms with Gasteiger partial charge >= 0.3 is 0 Å². The summed E-state index contributed by atoms with van der Waals surface area (Å²) in [6.07, 6.45) is 1.87. The van der Waals surface area contributed by atoms with Gasteiger partial charge in [-0.15, -0.1) is 0 Å². The summed E-state index contributed by atoms with van der Waals surface area (Å²) >= 11 is 6.16. The summed E-state index contributed by atoms with van der Waals surface area (Å²) in [4.78, 5) is 15.8. The first-order valence-corrected chi connectivity index (χ1v) is 10.4. The van der Waals surface area contributed by atoms with Gasteiger partial charge in [0.05, 0.1) is 18.8 Å². The van der Waals surface area contributed by atoms with Gasteiger partial charge in [0.15, 0.2) is 17.3 Å². The second kappa shape index (κ2) is 8.93. The number of rotatable bonds is 7. The highest BCUT2D eigenvalue weighted by atomic mass is 35.5. The minimum absolute atomic E-state index is 0.00459. The van der Waals surface area contributed by atoms with E-state index in [0.717, 1.165) is 43.6 Å². The normalized spacial score (nSPS) is 14.8. The zero-order valence-corrected chi connectivity index (χ0v) is 17.9. The molecule has 0 N–H and O–H groups in total. The summed E-state index contributed by atoms with van der Waals surface area (Å²) in [5, 5.41) is 8.56. The van der Waals surface area contributed by atoms with Crippen LogP contribution in [0.15, 0.2) is 42.6 Å². The summed E-state index contributed by atoms with van der Waals surface area (Å²) in [5.41, 5.74) is 1.64. The molecule has 1 fully saturated rings. The monoisotopic (exact) mass is 428 g/mol. The molecule has 0 saturated carbocycles. The number of fused-ring (bicyclic) bond motifs is 1. The van der Waals surface area contributed by atoms with E-state index in [4.69, 9.17) is 21.1 Å². The Morgan fingerprint density at radius 1 is 1.10 bits per heavy atom. The molecule has 3 aromatic rings. The van der Waals surface area contributed by atoms with Gasteiger partial charge in [0.2, 0.25) is 0 Å². The number of methoxy groups -OCH3 is 1. The van der Waals surface area contributed by atoms with E-state index in [1.54, 1.807) is 25.3 Å². The highest BCUT2D eigenvalue weighted by Crippen LogP contribution is 2.28. The third kappa shape index (κ3) is 4.37. The molecule has 0 bridgehead atoms. The number of aromatic nitrogens is 2. The Labute approximate surface area is 180 Å². The predicted molar refractivity (Wildman–Crippen MR) is 118 cm³/mol. The lowest BCUT2D eigenvalue weighted by atomic mass is 10.1. The van der Waals surface area contributed by atoms with E-state index in [9.17, 15) is 4.79 Å². The molecule has 0 atom stereocenters. The van der Waals surface area contributed by atoms with Crippen LogP contribution in [0.5, 0.6) is 11.5 Å². The molecule has 1 aliphatic heterocycles. The highest BCUT2D eigenvalue weighted by Gasteiger charge is 2.19. The molecule has 1 aliphatic rings. The van der Waals surface area contributed by atoms with Gasteiger partial charge in [-0.1, -0.05) is 11.6 Å². The molecule has 0 aliphatic carbocycles. The molecule has 0 radical (unpaired) electrons. The maximum atomic E-state index is 11.5. The van der Waals surface area contributed by atoms with Gasteiger partial charge < -0.3 is 9.47 Å². The van der Waals surface area contributed by atoms with Crippen LogP contribution in [0.25, 0.3) is 10.9 Å². The van der Waals surface area contributed by atoms with E-state index < -0.39 is 0 Å². The van der Waals surface area contributed by atoms with Crippen molar-refractivity contribution >= 4 is 28.3 Å². The molecule has 2 heterocycles. The van der Waals surface area contributed by atoms with E-state index in [0.29, 0.717) is 28.7 Å². The van der Waals surface area contributed by atoms with Crippen LogP contribution in [-0.2, 0) is 0 Å². The molecule has 0 amide bonds. The average Bonchev–Trinajstić information content (AvgIpc) is 3.17. The number of benzene rings is 2. The molecule has 7 nitrogen and oxygen atoms in total. The molecular formula is C22H25ClN4O3. The molecule has 0 unspecified atom stereocenters. The van der Waals surface area contributed by atoms with Crippen molar-refractivity contribution < 1.29 is 14.3 Å². The van der Waals surface area contributed by atoms with Gasteiger partial charge in [-0.3, -0.25) is 14.7 Å². The molecule has 8 heteroatoms. The molecule has 30 heavy (non-hydrogen) atoms. The van der Waals surface area contributed by atoms with E-state index >= 15 is 0 Å². The van der Waals surface area contributed by atoms with Crippen molar-refractivity contribution in [3.63, 3.8) is 0 Å². The molecule has 1 saturated heterocycles. The fourth-order valence-electron chi connectivity index (χ4n) is 3.64. The minimum Gasteiger partial charge on any atom is -0.493 e. The van der Waals surface area contributed by atoms with Gasteiger partial charge in [-0.05, 0) is 43.3 Å². The number of halogens is 1. The molecule has 158 valence electrons. The highest BCUT2D eigenvalue weighted by molar-refractivity contribution is 6.31. The van der Waals surface area contributed by atoms with Crippen molar-refractivity contribution in [3.05, 3.63) is 53.2 Å². The van der Waals surface area contributed by atoms with Crippen LogP contribution in [0, 0.1) is 0 Å². The standard InChI is InChI=1S/C22H25ClN4O3/c1-16(28)17-4-6-21(22(13-17)29-2)30-12-11-25-7-9-26(10-8-25)27-20-14-19(23)5-3-18(20)15-24-27/h3-6,13-15H,7-12H2,1-2H3. The smallest absolute Gasteiger partial charge is 0.161 e. The third-order valence-corrected chi connectivity index (χ3v) is 5.60. The number of carbonyl (C=O) groups excluding carboxylic acids is 1. The number of nitrogens with zero attached hydrogens (tertiary/aromatic N) is 4. The van der Waals surface area contributed by atoms with Crippen LogP contribution in [0.2, 0.25) is 5.02 Å². The quantitative estimate of drug-likeness (QED) is 0.538.